The summed E-state index contributed by atoms with van der Waals surface area (Å²) < 4.78 is 0. The second kappa shape index (κ2) is 6.89. The summed E-state index contributed by atoms with van der Waals surface area (Å²) in [5.74, 6) is -0.870. The minimum Gasteiger partial charge on any atom is -0.507 e. The van der Waals surface area contributed by atoms with Gasteiger partial charge in [0, 0.05) is 22.7 Å². The van der Waals surface area contributed by atoms with Crippen molar-refractivity contribution < 1.29 is 14.8 Å². The normalized spacial score (nSPS) is 11.1. The van der Waals surface area contributed by atoms with Gasteiger partial charge in [0.15, 0.2) is 0 Å². The summed E-state index contributed by atoms with van der Waals surface area (Å²) in [6, 6.07) is 9.93. The average molecular weight is 334 g/mol. The molecule has 8 heteroatoms. The lowest BCUT2D eigenvalue weighted by Gasteiger charge is -2.05. The van der Waals surface area contributed by atoms with Gasteiger partial charge in [-0.05, 0) is 25.1 Å². The van der Waals surface area contributed by atoms with Crippen LogP contribution in [0.1, 0.15) is 22.8 Å². The van der Waals surface area contributed by atoms with E-state index in [1.165, 1.54) is 36.4 Å². The molecule has 2 aromatic carbocycles. The summed E-state index contributed by atoms with van der Waals surface area (Å²) in [7, 11) is 0. The van der Waals surface area contributed by atoms with Crippen molar-refractivity contribution in [2.45, 2.75) is 6.92 Å². The molecule has 2 rings (SSSR count). The first-order chi connectivity index (χ1) is 10.9. The van der Waals surface area contributed by atoms with Gasteiger partial charge in [-0.1, -0.05) is 23.7 Å². The smallest absolute Gasteiger partial charge is 0.275 e. The predicted molar refractivity (Wildman–Crippen MR) is 85.9 cm³/mol. The number of hydrazone groups is 1. The molecule has 118 valence electrons. The van der Waals surface area contributed by atoms with Crippen LogP contribution in [-0.4, -0.2) is 21.6 Å². The Hall–Kier alpha value is -2.93. The number of phenols is 1. The van der Waals surface area contributed by atoms with Gasteiger partial charge in [0.1, 0.15) is 5.75 Å². The van der Waals surface area contributed by atoms with Crippen molar-refractivity contribution in [3.63, 3.8) is 0 Å². The number of nitro benzene ring substituents is 1. The highest BCUT2D eigenvalue weighted by molar-refractivity contribution is 6.31. The van der Waals surface area contributed by atoms with Crippen LogP contribution in [0.25, 0.3) is 0 Å². The zero-order valence-corrected chi connectivity index (χ0v) is 12.7. The van der Waals surface area contributed by atoms with Gasteiger partial charge in [-0.25, -0.2) is 5.43 Å². The van der Waals surface area contributed by atoms with E-state index in [0.717, 1.165) is 0 Å². The zero-order chi connectivity index (χ0) is 17.0. The van der Waals surface area contributed by atoms with Crippen LogP contribution in [0.15, 0.2) is 47.6 Å². The summed E-state index contributed by atoms with van der Waals surface area (Å²) in [5.41, 5.74) is 3.05. The molecular weight excluding hydrogens is 322 g/mol. The number of amides is 1. The van der Waals surface area contributed by atoms with Crippen molar-refractivity contribution in [2.24, 2.45) is 5.10 Å². The van der Waals surface area contributed by atoms with E-state index in [2.05, 4.69) is 10.5 Å². The van der Waals surface area contributed by atoms with E-state index in [9.17, 15) is 20.0 Å². The maximum absolute atomic E-state index is 12.0. The number of hydrogen-bond donors (Lipinski definition) is 2. The maximum Gasteiger partial charge on any atom is 0.275 e. The largest absolute Gasteiger partial charge is 0.507 e. The summed E-state index contributed by atoms with van der Waals surface area (Å²) in [5, 5.41) is 24.6. The lowest BCUT2D eigenvalue weighted by atomic mass is 10.1. The van der Waals surface area contributed by atoms with Gasteiger partial charge in [-0.15, -0.1) is 0 Å². The van der Waals surface area contributed by atoms with Gasteiger partial charge >= 0.3 is 0 Å². The fraction of sp³-hybridized carbons (Fsp3) is 0.0667. The topological polar surface area (TPSA) is 105 Å². The molecule has 0 aliphatic rings. The summed E-state index contributed by atoms with van der Waals surface area (Å²) in [4.78, 5) is 22.2. The Bertz CT molecular complexity index is 805. The van der Waals surface area contributed by atoms with Crippen LogP contribution < -0.4 is 5.43 Å². The average Bonchev–Trinajstić information content (AvgIpc) is 2.54. The van der Waals surface area contributed by atoms with Crippen LogP contribution in [0.3, 0.4) is 0 Å². The van der Waals surface area contributed by atoms with Gasteiger partial charge in [0.2, 0.25) is 0 Å². The minimum absolute atomic E-state index is 0.0203. The molecule has 0 aliphatic carbocycles. The second-order valence-electron chi connectivity index (χ2n) is 4.61. The molecule has 0 atom stereocenters. The van der Waals surface area contributed by atoms with E-state index in [0.29, 0.717) is 16.3 Å². The van der Waals surface area contributed by atoms with Crippen molar-refractivity contribution >= 4 is 28.9 Å². The third-order valence-corrected chi connectivity index (χ3v) is 3.24. The fourth-order valence-electron chi connectivity index (χ4n) is 1.79. The molecule has 0 saturated heterocycles. The van der Waals surface area contributed by atoms with Gasteiger partial charge in [-0.3, -0.25) is 14.9 Å². The quantitative estimate of drug-likeness (QED) is 0.509. The van der Waals surface area contributed by atoms with Gasteiger partial charge in [0.05, 0.1) is 16.2 Å². The third-order valence-electron chi connectivity index (χ3n) is 3.00. The van der Waals surface area contributed by atoms with Crippen molar-refractivity contribution in [1.82, 2.24) is 5.43 Å². The Morgan fingerprint density at radius 1 is 1.30 bits per heavy atom. The molecule has 0 spiro atoms. The maximum atomic E-state index is 12.0. The number of rotatable bonds is 4. The van der Waals surface area contributed by atoms with Crippen LogP contribution in [0.4, 0.5) is 5.69 Å². The molecule has 0 aliphatic heterocycles. The van der Waals surface area contributed by atoms with Crippen molar-refractivity contribution in [1.29, 1.82) is 0 Å². The number of halogens is 1. The molecule has 2 N–H and O–H groups in total. The zero-order valence-electron chi connectivity index (χ0n) is 12.0. The van der Waals surface area contributed by atoms with Crippen LogP contribution in [0.5, 0.6) is 5.75 Å². The van der Waals surface area contributed by atoms with Crippen molar-refractivity contribution in [3.05, 3.63) is 68.7 Å². The molecule has 0 radical (unpaired) electrons. The van der Waals surface area contributed by atoms with E-state index in [1.807, 2.05) is 0 Å². The number of carbonyl (C=O) groups excluding carboxylic acids is 1. The van der Waals surface area contributed by atoms with Crippen LogP contribution in [0, 0.1) is 10.1 Å². The number of nitro groups is 1. The number of non-ortho nitro benzene ring substituents is 1. The van der Waals surface area contributed by atoms with E-state index in [1.54, 1.807) is 13.0 Å². The Morgan fingerprint density at radius 2 is 2.04 bits per heavy atom. The first-order valence-corrected chi connectivity index (χ1v) is 6.84. The van der Waals surface area contributed by atoms with Crippen LogP contribution in [0.2, 0.25) is 5.02 Å². The first-order valence-electron chi connectivity index (χ1n) is 6.46. The number of benzene rings is 2. The molecular formula is C15H12ClN3O4. The molecule has 0 unspecified atom stereocenters. The lowest BCUT2D eigenvalue weighted by molar-refractivity contribution is -0.384. The molecule has 0 fully saturated rings. The molecule has 2 aromatic rings. The van der Waals surface area contributed by atoms with Gasteiger partial charge in [0.25, 0.3) is 11.6 Å². The first kappa shape index (κ1) is 16.4. The summed E-state index contributed by atoms with van der Waals surface area (Å²) >= 11 is 5.78. The Balaban J connectivity index is 2.19. The minimum atomic E-state index is -0.644. The van der Waals surface area contributed by atoms with Crippen LogP contribution in [-0.2, 0) is 0 Å². The number of phenolic OH excluding ortho intramolecular Hbond substituents is 1. The number of aromatic hydroxyl groups is 1. The number of nitrogens with zero attached hydrogens (tertiary/aromatic N) is 2. The standard InChI is InChI=1S/C15H12ClN3O4/c1-9(10-3-2-4-12(7-10)19(22)23)17-18-15(21)13-8-11(16)5-6-14(13)20/h2-8,20H,1H3,(H,18,21)/b17-9+. The molecule has 1 amide bonds. The van der Waals surface area contributed by atoms with Crippen LogP contribution >= 0.6 is 11.6 Å². The SMILES string of the molecule is C/C(=N\NC(=O)c1cc(Cl)ccc1O)c1cccc([N+](=O)[O-])c1. The highest BCUT2D eigenvalue weighted by atomic mass is 35.5. The summed E-state index contributed by atoms with van der Waals surface area (Å²) in [6.45, 7) is 1.59. The number of nitrogens with one attached hydrogen (secondary N) is 1. The molecule has 0 aromatic heterocycles. The van der Waals surface area contributed by atoms with Crippen molar-refractivity contribution in [2.75, 3.05) is 0 Å². The number of hydrogen-bond acceptors (Lipinski definition) is 5. The monoisotopic (exact) mass is 333 g/mol. The molecule has 23 heavy (non-hydrogen) atoms. The molecule has 0 saturated carbocycles. The van der Waals surface area contributed by atoms with E-state index in [4.69, 9.17) is 11.6 Å². The molecule has 0 bridgehead atoms. The van der Waals surface area contributed by atoms with Gasteiger partial charge in [-0.2, -0.15) is 5.10 Å². The van der Waals surface area contributed by atoms with E-state index >= 15 is 0 Å². The fourth-order valence-corrected chi connectivity index (χ4v) is 1.97. The highest BCUT2D eigenvalue weighted by Crippen LogP contribution is 2.21. The lowest BCUT2D eigenvalue weighted by Crippen LogP contribution is -2.19. The predicted octanol–water partition coefficient (Wildman–Crippen LogP) is 3.11. The number of carbonyl (C=O) groups is 1. The molecule has 0 heterocycles. The summed E-state index contributed by atoms with van der Waals surface area (Å²) in [6.07, 6.45) is 0. The van der Waals surface area contributed by atoms with Crippen molar-refractivity contribution in [3.8, 4) is 5.75 Å². The van der Waals surface area contributed by atoms with E-state index in [-0.39, 0.29) is 17.0 Å². The highest BCUT2D eigenvalue weighted by Gasteiger charge is 2.12. The Labute approximate surface area is 136 Å². The second-order valence-corrected chi connectivity index (χ2v) is 5.04. The Morgan fingerprint density at radius 3 is 2.74 bits per heavy atom. The van der Waals surface area contributed by atoms with E-state index < -0.39 is 10.8 Å². The third kappa shape index (κ3) is 4.04. The Kier molecular flexibility index (Phi) is 4.92. The van der Waals surface area contributed by atoms with Gasteiger partial charge < -0.3 is 5.11 Å². The molecule has 7 nitrogen and oxygen atoms in total.